The Kier molecular flexibility index (Phi) is 4.83. The highest BCUT2D eigenvalue weighted by molar-refractivity contribution is 7.92. The Balaban J connectivity index is 2.45. The molecule has 24 heavy (non-hydrogen) atoms. The number of hydrogen-bond donors (Lipinski definition) is 2. The Morgan fingerprint density at radius 1 is 1.17 bits per heavy atom. The number of carboxylic acids is 1. The van der Waals surface area contributed by atoms with Crippen molar-refractivity contribution in [1.82, 2.24) is 0 Å². The minimum atomic E-state index is -4.51. The highest BCUT2D eigenvalue weighted by Gasteiger charge is 2.23. The van der Waals surface area contributed by atoms with Crippen LogP contribution < -0.4 is 4.72 Å². The van der Waals surface area contributed by atoms with E-state index in [1.807, 2.05) is 4.72 Å². The lowest BCUT2D eigenvalue weighted by Gasteiger charge is -2.13. The molecular formula is C15H12F3NO4S. The molecule has 5 nitrogen and oxygen atoms in total. The molecule has 0 saturated carbocycles. The van der Waals surface area contributed by atoms with Crippen molar-refractivity contribution in [2.45, 2.75) is 18.2 Å². The zero-order valence-corrected chi connectivity index (χ0v) is 13.1. The zero-order chi connectivity index (χ0) is 18.1. The molecule has 2 rings (SSSR count). The van der Waals surface area contributed by atoms with Gasteiger partial charge in [-0.1, -0.05) is 11.6 Å². The summed E-state index contributed by atoms with van der Waals surface area (Å²) in [5, 5.41) is 8.75. The number of carboxylic acid groups (broad SMARTS) is 1. The molecule has 0 saturated heterocycles. The molecule has 0 heterocycles. The fraction of sp³-hybridized carbons (Fsp3) is 0.133. The van der Waals surface area contributed by atoms with Gasteiger partial charge in [0.25, 0.3) is 16.4 Å². The molecule has 0 aliphatic carbocycles. The summed E-state index contributed by atoms with van der Waals surface area (Å²) >= 11 is 0. The molecule has 0 aliphatic heterocycles. The number of carbonyl (C=O) groups is 1. The summed E-state index contributed by atoms with van der Waals surface area (Å²) in [5.41, 5.74) is -0.848. The van der Waals surface area contributed by atoms with Crippen LogP contribution in [0.2, 0.25) is 0 Å². The number of halogens is 3. The quantitative estimate of drug-likeness (QED) is 0.855. The summed E-state index contributed by atoms with van der Waals surface area (Å²) in [5.74, 6) is -2.72. The van der Waals surface area contributed by atoms with Crippen molar-refractivity contribution in [3.8, 4) is 0 Å². The third-order valence-corrected chi connectivity index (χ3v) is 4.55. The van der Waals surface area contributed by atoms with Crippen LogP contribution in [-0.4, -0.2) is 19.5 Å². The van der Waals surface area contributed by atoms with Gasteiger partial charge in [0.1, 0.15) is 10.7 Å². The first-order valence-corrected chi connectivity index (χ1v) is 8.04. The van der Waals surface area contributed by atoms with Gasteiger partial charge < -0.3 is 5.11 Å². The number of aromatic carboxylic acids is 1. The second-order valence-corrected chi connectivity index (χ2v) is 6.60. The van der Waals surface area contributed by atoms with Gasteiger partial charge in [-0.3, -0.25) is 4.72 Å². The molecule has 0 aromatic heterocycles. The van der Waals surface area contributed by atoms with Gasteiger partial charge in [-0.05, 0) is 37.3 Å². The topological polar surface area (TPSA) is 83.5 Å². The largest absolute Gasteiger partial charge is 0.478 e. The molecule has 0 unspecified atom stereocenters. The predicted molar refractivity (Wildman–Crippen MR) is 80.3 cm³/mol. The molecule has 0 spiro atoms. The van der Waals surface area contributed by atoms with Crippen LogP contribution in [0.4, 0.5) is 18.9 Å². The summed E-state index contributed by atoms with van der Waals surface area (Å²) < 4.78 is 66.3. The van der Waals surface area contributed by atoms with E-state index in [1.165, 1.54) is 6.07 Å². The maximum Gasteiger partial charge on any atom is 0.335 e. The van der Waals surface area contributed by atoms with Crippen LogP contribution in [0.3, 0.4) is 0 Å². The summed E-state index contributed by atoms with van der Waals surface area (Å²) in [4.78, 5) is 9.90. The fourth-order valence-corrected chi connectivity index (χ4v) is 3.16. The first-order valence-electron chi connectivity index (χ1n) is 6.56. The normalized spacial score (nSPS) is 11.5. The van der Waals surface area contributed by atoms with Crippen molar-refractivity contribution >= 4 is 21.7 Å². The molecule has 2 aromatic rings. The maximum atomic E-state index is 13.9. The first-order chi connectivity index (χ1) is 11.1. The lowest BCUT2D eigenvalue weighted by atomic mass is 10.1. The van der Waals surface area contributed by atoms with Gasteiger partial charge >= 0.3 is 5.97 Å². The highest BCUT2D eigenvalue weighted by atomic mass is 32.2. The van der Waals surface area contributed by atoms with Crippen molar-refractivity contribution in [3.63, 3.8) is 0 Å². The van der Waals surface area contributed by atoms with Crippen molar-refractivity contribution in [2.75, 3.05) is 4.72 Å². The van der Waals surface area contributed by atoms with E-state index < -0.39 is 44.3 Å². The van der Waals surface area contributed by atoms with Crippen LogP contribution in [0.1, 0.15) is 27.9 Å². The lowest BCUT2D eigenvalue weighted by Crippen LogP contribution is -2.16. The number of rotatable bonds is 5. The molecule has 0 aliphatic rings. The van der Waals surface area contributed by atoms with Gasteiger partial charge in [-0.15, -0.1) is 0 Å². The minimum Gasteiger partial charge on any atom is -0.478 e. The number of benzene rings is 2. The predicted octanol–water partition coefficient (Wildman–Crippen LogP) is 3.57. The summed E-state index contributed by atoms with van der Waals surface area (Å²) in [7, 11) is -4.51. The Bertz CT molecular complexity index is 898. The molecule has 0 atom stereocenters. The molecule has 9 heteroatoms. The maximum absolute atomic E-state index is 13.9. The van der Waals surface area contributed by atoms with Crippen LogP contribution in [0.25, 0.3) is 0 Å². The lowest BCUT2D eigenvalue weighted by molar-refractivity contribution is 0.0696. The summed E-state index contributed by atoms with van der Waals surface area (Å²) in [6.07, 6.45) is -2.93. The zero-order valence-electron chi connectivity index (χ0n) is 12.3. The van der Waals surface area contributed by atoms with E-state index in [1.54, 1.807) is 6.92 Å². The van der Waals surface area contributed by atoms with Gasteiger partial charge in [0.05, 0.1) is 11.3 Å². The van der Waals surface area contributed by atoms with Crippen LogP contribution in [0.15, 0.2) is 41.3 Å². The van der Waals surface area contributed by atoms with E-state index in [-0.39, 0.29) is 5.69 Å². The van der Waals surface area contributed by atoms with Crippen molar-refractivity contribution in [1.29, 1.82) is 0 Å². The van der Waals surface area contributed by atoms with E-state index in [2.05, 4.69) is 0 Å². The van der Waals surface area contributed by atoms with Crippen molar-refractivity contribution in [2.24, 2.45) is 0 Å². The van der Waals surface area contributed by atoms with Gasteiger partial charge in [0.2, 0.25) is 0 Å². The van der Waals surface area contributed by atoms with Gasteiger partial charge in [-0.2, -0.15) is 0 Å². The van der Waals surface area contributed by atoms with E-state index >= 15 is 0 Å². The molecule has 0 bridgehead atoms. The Morgan fingerprint density at radius 2 is 1.83 bits per heavy atom. The number of alkyl halides is 2. The van der Waals surface area contributed by atoms with Crippen LogP contribution >= 0.6 is 0 Å². The Labute approximate surface area is 135 Å². The second-order valence-electron chi connectivity index (χ2n) is 4.95. The van der Waals surface area contributed by atoms with Crippen molar-refractivity contribution < 1.29 is 31.5 Å². The number of aryl methyl sites for hydroxylation is 1. The van der Waals surface area contributed by atoms with Gasteiger partial charge in [-0.25, -0.2) is 26.4 Å². The third-order valence-electron chi connectivity index (χ3n) is 3.15. The SMILES string of the molecule is Cc1ccc(NS(=O)(=O)c2ccc(C(=O)O)cc2F)c(C(F)F)c1. The van der Waals surface area contributed by atoms with Crippen molar-refractivity contribution in [3.05, 3.63) is 58.9 Å². The standard InChI is InChI=1S/C15H12F3NO4S/c1-8-2-4-12(10(6-8)14(17)18)19-24(22,23)13-5-3-9(15(20)21)7-11(13)16/h2-7,14,19H,1H3,(H,20,21). The highest BCUT2D eigenvalue weighted by Crippen LogP contribution is 2.30. The average Bonchev–Trinajstić information content (AvgIpc) is 2.48. The third kappa shape index (κ3) is 3.67. The van der Waals surface area contributed by atoms with E-state index in [0.29, 0.717) is 11.6 Å². The monoisotopic (exact) mass is 359 g/mol. The molecule has 128 valence electrons. The van der Waals surface area contributed by atoms with Crippen LogP contribution in [-0.2, 0) is 10.0 Å². The number of sulfonamides is 1. The molecule has 0 fully saturated rings. The summed E-state index contributed by atoms with van der Waals surface area (Å²) in [6.45, 7) is 1.56. The fourth-order valence-electron chi connectivity index (χ4n) is 2.01. The first kappa shape index (κ1) is 17.8. The Hall–Kier alpha value is -2.55. The number of anilines is 1. The smallest absolute Gasteiger partial charge is 0.335 e. The molecular weight excluding hydrogens is 347 g/mol. The number of hydrogen-bond acceptors (Lipinski definition) is 3. The molecule has 0 radical (unpaired) electrons. The van der Waals surface area contributed by atoms with E-state index in [0.717, 1.165) is 24.3 Å². The van der Waals surface area contributed by atoms with Crippen LogP contribution in [0, 0.1) is 12.7 Å². The Morgan fingerprint density at radius 3 is 2.38 bits per heavy atom. The molecule has 0 amide bonds. The molecule has 2 N–H and O–H groups in total. The van der Waals surface area contributed by atoms with Gasteiger partial charge in [0, 0.05) is 5.56 Å². The van der Waals surface area contributed by atoms with Gasteiger partial charge in [0.15, 0.2) is 0 Å². The number of nitrogens with one attached hydrogen (secondary N) is 1. The van der Waals surface area contributed by atoms with E-state index in [4.69, 9.17) is 5.11 Å². The van der Waals surface area contributed by atoms with E-state index in [9.17, 15) is 26.4 Å². The second kappa shape index (κ2) is 6.52. The average molecular weight is 359 g/mol. The minimum absolute atomic E-state index is 0.377. The molecule has 2 aromatic carbocycles. The van der Waals surface area contributed by atoms with Crippen LogP contribution in [0.5, 0.6) is 0 Å². The summed E-state index contributed by atoms with van der Waals surface area (Å²) in [6, 6.07) is 5.90.